The third-order valence-corrected chi connectivity index (χ3v) is 4.19. The molecule has 0 saturated heterocycles. The van der Waals surface area contributed by atoms with E-state index in [-0.39, 0.29) is 0 Å². The number of benzene rings is 2. The second-order valence-electron chi connectivity index (χ2n) is 6.30. The Balaban J connectivity index is 1.46. The Bertz CT molecular complexity index is 1030. The van der Waals surface area contributed by atoms with E-state index >= 15 is 0 Å². The van der Waals surface area contributed by atoms with Gasteiger partial charge in [-0.05, 0) is 36.3 Å². The first-order valence-corrected chi connectivity index (χ1v) is 9.22. The van der Waals surface area contributed by atoms with E-state index in [1.807, 2.05) is 43.3 Å². The second-order valence-corrected chi connectivity index (χ2v) is 6.71. The highest BCUT2D eigenvalue weighted by Gasteiger charge is 2.08. The summed E-state index contributed by atoms with van der Waals surface area (Å²) in [6.45, 7) is 2.05. The molecule has 0 fully saturated rings. The zero-order valence-electron chi connectivity index (χ0n) is 15.7. The van der Waals surface area contributed by atoms with Crippen molar-refractivity contribution in [3.63, 3.8) is 0 Å². The smallest absolute Gasteiger partial charge is 0.331 e. The molecule has 0 aliphatic heterocycles. The first-order chi connectivity index (χ1) is 14.0. The van der Waals surface area contributed by atoms with E-state index in [9.17, 15) is 9.59 Å². The number of halogens is 1. The number of hydrogen-bond donors (Lipinski definition) is 1. The summed E-state index contributed by atoms with van der Waals surface area (Å²) in [5.41, 5.74) is 3.04. The molecule has 7 nitrogen and oxygen atoms in total. The Morgan fingerprint density at radius 2 is 2.00 bits per heavy atom. The van der Waals surface area contributed by atoms with Crippen molar-refractivity contribution in [3.05, 3.63) is 82.6 Å². The second kappa shape index (κ2) is 9.66. The monoisotopic (exact) mass is 410 g/mol. The molecule has 1 heterocycles. The molecule has 29 heavy (non-hydrogen) atoms. The fraction of sp³-hybridized carbons (Fsp3) is 0.143. The van der Waals surface area contributed by atoms with E-state index < -0.39 is 18.5 Å². The summed E-state index contributed by atoms with van der Waals surface area (Å²) in [7, 11) is 0. The van der Waals surface area contributed by atoms with Crippen molar-refractivity contribution in [2.24, 2.45) is 0 Å². The molecule has 148 valence electrons. The number of esters is 1. The summed E-state index contributed by atoms with van der Waals surface area (Å²) in [5.74, 6) is -1.14. The van der Waals surface area contributed by atoms with Gasteiger partial charge in [0.1, 0.15) is 5.69 Å². The number of aryl methyl sites for hydroxylation is 1. The molecule has 0 bridgehead atoms. The Labute approximate surface area is 172 Å². The van der Waals surface area contributed by atoms with E-state index in [2.05, 4.69) is 15.6 Å². The standard InChI is InChI=1S/C21H19ClN4O3/c1-15-7-9-19(18(22)11-15)23-20(27)14-29-21(28)10-8-17-13-26(25-24-17)12-16-5-3-2-4-6-16/h2-11,13H,12,14H2,1H3,(H,23,27)/b10-8+. The van der Waals surface area contributed by atoms with Gasteiger partial charge in [0.2, 0.25) is 0 Å². The van der Waals surface area contributed by atoms with Crippen LogP contribution in [0.3, 0.4) is 0 Å². The molecule has 8 heteroatoms. The van der Waals surface area contributed by atoms with Crippen LogP contribution in [0.5, 0.6) is 0 Å². The molecule has 2 aromatic carbocycles. The number of carbonyl (C=O) groups excluding carboxylic acids is 2. The average Bonchev–Trinajstić information content (AvgIpc) is 3.15. The fourth-order valence-electron chi connectivity index (χ4n) is 2.48. The number of anilines is 1. The van der Waals surface area contributed by atoms with Gasteiger partial charge in [-0.3, -0.25) is 4.79 Å². The topological polar surface area (TPSA) is 86.1 Å². The van der Waals surface area contributed by atoms with E-state index in [1.165, 1.54) is 12.2 Å². The predicted molar refractivity (Wildman–Crippen MR) is 110 cm³/mol. The summed E-state index contributed by atoms with van der Waals surface area (Å²) in [5, 5.41) is 11.0. The lowest BCUT2D eigenvalue weighted by Crippen LogP contribution is -2.20. The number of amides is 1. The number of carbonyl (C=O) groups is 2. The molecule has 1 aromatic heterocycles. The van der Waals surface area contributed by atoms with Gasteiger partial charge >= 0.3 is 5.97 Å². The van der Waals surface area contributed by atoms with Crippen molar-refractivity contribution < 1.29 is 14.3 Å². The Morgan fingerprint density at radius 3 is 2.76 bits per heavy atom. The zero-order chi connectivity index (χ0) is 20.6. The number of aromatic nitrogens is 3. The predicted octanol–water partition coefficient (Wildman–Crippen LogP) is 3.48. The van der Waals surface area contributed by atoms with Crippen LogP contribution in [0.1, 0.15) is 16.8 Å². The number of nitrogens with zero attached hydrogens (tertiary/aromatic N) is 3. The first kappa shape index (κ1) is 20.3. The highest BCUT2D eigenvalue weighted by molar-refractivity contribution is 6.33. The van der Waals surface area contributed by atoms with Crippen LogP contribution in [-0.2, 0) is 20.9 Å². The minimum Gasteiger partial charge on any atom is -0.452 e. The summed E-state index contributed by atoms with van der Waals surface area (Å²) in [6.07, 6.45) is 4.39. The normalized spacial score (nSPS) is 10.8. The highest BCUT2D eigenvalue weighted by atomic mass is 35.5. The van der Waals surface area contributed by atoms with Crippen molar-refractivity contribution >= 4 is 35.2 Å². The lowest BCUT2D eigenvalue weighted by Gasteiger charge is -2.07. The average molecular weight is 411 g/mol. The number of hydrogen-bond acceptors (Lipinski definition) is 5. The van der Waals surface area contributed by atoms with Gasteiger partial charge in [-0.25, -0.2) is 9.48 Å². The molecule has 3 aromatic rings. The molecule has 0 atom stereocenters. The van der Waals surface area contributed by atoms with Gasteiger partial charge in [-0.15, -0.1) is 5.10 Å². The van der Waals surface area contributed by atoms with Crippen LogP contribution in [0.4, 0.5) is 5.69 Å². The first-order valence-electron chi connectivity index (χ1n) is 8.84. The molecular weight excluding hydrogens is 392 g/mol. The molecular formula is C21H19ClN4O3. The highest BCUT2D eigenvalue weighted by Crippen LogP contribution is 2.22. The Kier molecular flexibility index (Phi) is 6.76. The number of ether oxygens (including phenoxy) is 1. The van der Waals surface area contributed by atoms with Gasteiger partial charge in [0.25, 0.3) is 5.91 Å². The minimum atomic E-state index is -0.659. The largest absolute Gasteiger partial charge is 0.452 e. The zero-order valence-corrected chi connectivity index (χ0v) is 16.5. The van der Waals surface area contributed by atoms with Crippen LogP contribution in [0.15, 0.2) is 60.8 Å². The molecule has 3 rings (SSSR count). The molecule has 0 radical (unpaired) electrons. The van der Waals surface area contributed by atoms with Crippen molar-refractivity contribution in [3.8, 4) is 0 Å². The fourth-order valence-corrected chi connectivity index (χ4v) is 2.77. The van der Waals surface area contributed by atoms with E-state index in [1.54, 1.807) is 23.0 Å². The maximum atomic E-state index is 11.9. The third-order valence-electron chi connectivity index (χ3n) is 3.88. The van der Waals surface area contributed by atoms with Crippen molar-refractivity contribution in [2.75, 3.05) is 11.9 Å². The number of nitrogens with one attached hydrogen (secondary N) is 1. The van der Waals surface area contributed by atoms with Gasteiger partial charge in [0, 0.05) is 6.08 Å². The van der Waals surface area contributed by atoms with Crippen molar-refractivity contribution in [1.82, 2.24) is 15.0 Å². The third kappa shape index (κ3) is 6.29. The van der Waals surface area contributed by atoms with Crippen molar-refractivity contribution in [2.45, 2.75) is 13.5 Å². The summed E-state index contributed by atoms with van der Waals surface area (Å²) in [4.78, 5) is 23.7. The van der Waals surface area contributed by atoms with Gasteiger partial charge in [-0.2, -0.15) is 0 Å². The summed E-state index contributed by atoms with van der Waals surface area (Å²) < 4.78 is 6.59. The van der Waals surface area contributed by atoms with E-state index in [0.717, 1.165) is 11.1 Å². The minimum absolute atomic E-state index is 0.420. The van der Waals surface area contributed by atoms with E-state index in [0.29, 0.717) is 22.9 Å². The van der Waals surface area contributed by atoms with Gasteiger partial charge in [0.15, 0.2) is 6.61 Å². The van der Waals surface area contributed by atoms with Crippen LogP contribution in [0.25, 0.3) is 6.08 Å². The van der Waals surface area contributed by atoms with E-state index in [4.69, 9.17) is 16.3 Å². The quantitative estimate of drug-likeness (QED) is 0.476. The van der Waals surface area contributed by atoms with Crippen LogP contribution in [-0.4, -0.2) is 33.5 Å². The Morgan fingerprint density at radius 1 is 1.21 bits per heavy atom. The van der Waals surface area contributed by atoms with Gasteiger partial charge in [0.05, 0.1) is 23.5 Å². The molecule has 1 amide bonds. The maximum Gasteiger partial charge on any atom is 0.331 e. The molecule has 0 unspecified atom stereocenters. The lowest BCUT2D eigenvalue weighted by atomic mass is 10.2. The Hall–Kier alpha value is -3.45. The summed E-state index contributed by atoms with van der Waals surface area (Å²) in [6, 6.07) is 15.1. The lowest BCUT2D eigenvalue weighted by molar-refractivity contribution is -0.142. The van der Waals surface area contributed by atoms with Crippen LogP contribution < -0.4 is 5.32 Å². The molecule has 1 N–H and O–H groups in total. The van der Waals surface area contributed by atoms with Gasteiger partial charge in [-0.1, -0.05) is 53.2 Å². The molecule has 0 aliphatic carbocycles. The molecule has 0 aliphatic rings. The number of rotatable bonds is 7. The van der Waals surface area contributed by atoms with Gasteiger partial charge < -0.3 is 10.1 Å². The maximum absolute atomic E-state index is 11.9. The molecule has 0 spiro atoms. The van der Waals surface area contributed by atoms with Crippen LogP contribution >= 0.6 is 11.6 Å². The van der Waals surface area contributed by atoms with Crippen molar-refractivity contribution in [1.29, 1.82) is 0 Å². The summed E-state index contributed by atoms with van der Waals surface area (Å²) >= 11 is 6.06. The molecule has 0 saturated carbocycles. The SMILES string of the molecule is Cc1ccc(NC(=O)COC(=O)/C=C/c2cn(Cc3ccccc3)nn2)c(Cl)c1. The van der Waals surface area contributed by atoms with Crippen LogP contribution in [0, 0.1) is 6.92 Å². The van der Waals surface area contributed by atoms with Crippen LogP contribution in [0.2, 0.25) is 5.02 Å².